The van der Waals surface area contributed by atoms with Crippen molar-refractivity contribution in [2.24, 2.45) is 11.1 Å². The molecule has 1 amide bonds. The van der Waals surface area contributed by atoms with Crippen molar-refractivity contribution in [1.82, 2.24) is 0 Å². The summed E-state index contributed by atoms with van der Waals surface area (Å²) in [5.41, 5.74) is 6.48. The molecule has 6 heteroatoms. The maximum atomic E-state index is 13.2. The lowest BCUT2D eigenvalue weighted by molar-refractivity contribution is -0.0115. The number of nitrogens with two attached hydrogens (primary N) is 1. The lowest BCUT2D eigenvalue weighted by atomic mass is 9.76. The molecule has 3 atom stereocenters. The highest BCUT2D eigenvalue weighted by Gasteiger charge is 2.49. The second kappa shape index (κ2) is 7.43. The Kier molecular flexibility index (Phi) is 4.99. The summed E-state index contributed by atoms with van der Waals surface area (Å²) < 4.78 is 6.07. The fourth-order valence-electron chi connectivity index (χ4n) is 6.31. The second-order valence-corrected chi connectivity index (χ2v) is 9.43. The summed E-state index contributed by atoms with van der Waals surface area (Å²) in [6.45, 7) is 1.88. The molecule has 1 aromatic carbocycles. The Morgan fingerprint density at radius 3 is 2.47 bits per heavy atom. The summed E-state index contributed by atoms with van der Waals surface area (Å²) in [6.07, 6.45) is 9.71. The largest absolute Gasteiger partial charge is 0.455 e. The lowest BCUT2D eigenvalue weighted by Gasteiger charge is -2.33. The van der Waals surface area contributed by atoms with Gasteiger partial charge in [-0.15, -0.1) is 12.8 Å². The van der Waals surface area contributed by atoms with Crippen molar-refractivity contribution in [3.05, 3.63) is 51.5 Å². The minimum Gasteiger partial charge on any atom is -0.455 e. The first-order valence-electron chi connectivity index (χ1n) is 11.1. The molecule has 3 unspecified atom stereocenters. The number of fused-ring (bicyclic) bond motifs is 6. The van der Waals surface area contributed by atoms with Crippen LogP contribution in [0.25, 0.3) is 0 Å². The maximum Gasteiger partial charge on any atom is 0.291 e. The van der Waals surface area contributed by atoms with Gasteiger partial charge in [-0.25, -0.2) is 0 Å². The van der Waals surface area contributed by atoms with Gasteiger partial charge in [0.15, 0.2) is 5.76 Å². The minimum absolute atomic E-state index is 0.171. The third kappa shape index (κ3) is 2.95. The van der Waals surface area contributed by atoms with Crippen LogP contribution in [0.3, 0.4) is 0 Å². The van der Waals surface area contributed by atoms with E-state index in [2.05, 4.69) is 29.3 Å². The van der Waals surface area contributed by atoms with Crippen molar-refractivity contribution in [3.63, 3.8) is 0 Å². The quantitative estimate of drug-likeness (QED) is 0.536. The molecule has 4 N–H and O–H groups in total. The fraction of sp³-hybridized carbons (Fsp3) is 0.542. The van der Waals surface area contributed by atoms with E-state index >= 15 is 0 Å². The molecule has 0 aliphatic heterocycles. The molecule has 0 radical (unpaired) electrons. The van der Waals surface area contributed by atoms with Crippen LogP contribution in [-0.2, 0) is 31.3 Å². The van der Waals surface area contributed by atoms with Gasteiger partial charge in [0.2, 0.25) is 0 Å². The highest BCUT2D eigenvalue weighted by molar-refractivity contribution is 7.77. The molecule has 0 saturated heterocycles. The molecule has 1 heterocycles. The standard InChI is InChI=1S/C24H27NO3.H3NS/c1-24(27)16-9-8-15(11-16)22-19(24)12-20(28-22)23(26)25-21-17-6-2-4-13(17)10-14-5-3-7-18(14)21;1-2/h10,12,15-16,27H,2-9,11H2,1H3,(H,25,26);2H,1H2. The van der Waals surface area contributed by atoms with Crippen LogP contribution in [0.2, 0.25) is 0 Å². The van der Waals surface area contributed by atoms with Crippen molar-refractivity contribution in [3.8, 4) is 0 Å². The van der Waals surface area contributed by atoms with Gasteiger partial charge < -0.3 is 14.8 Å². The van der Waals surface area contributed by atoms with Gasteiger partial charge in [-0.05, 0) is 98.9 Å². The molecule has 4 aliphatic rings. The van der Waals surface area contributed by atoms with Crippen molar-refractivity contribution < 1.29 is 14.3 Å². The lowest BCUT2D eigenvalue weighted by Crippen LogP contribution is -2.33. The van der Waals surface area contributed by atoms with Crippen LogP contribution in [0.4, 0.5) is 5.69 Å². The number of anilines is 1. The Morgan fingerprint density at radius 1 is 1.13 bits per heavy atom. The number of furan rings is 1. The number of hydrogen-bond donors (Lipinski definition) is 4. The van der Waals surface area contributed by atoms with Gasteiger partial charge in [0, 0.05) is 17.2 Å². The summed E-state index contributed by atoms with van der Waals surface area (Å²) in [4.78, 5) is 13.2. The SMILES string of the molecule is CC1(O)c2cc(C(=O)Nc3c4c(cc5c3CCC5)CCC4)oc2C2CCC1C2.NS. The molecule has 1 fully saturated rings. The van der Waals surface area contributed by atoms with Crippen LogP contribution in [-0.4, -0.2) is 11.0 Å². The number of benzene rings is 1. The Balaban J connectivity index is 0.000000937. The van der Waals surface area contributed by atoms with Crippen molar-refractivity contribution in [2.75, 3.05) is 5.32 Å². The van der Waals surface area contributed by atoms with Crippen molar-refractivity contribution in [2.45, 2.75) is 76.2 Å². The number of carbonyl (C=O) groups is 1. The molecule has 2 bridgehead atoms. The van der Waals surface area contributed by atoms with Crippen LogP contribution < -0.4 is 10.5 Å². The molecule has 1 aromatic heterocycles. The number of aliphatic hydroxyl groups is 1. The molecular weight excluding hydrogens is 396 g/mol. The highest BCUT2D eigenvalue weighted by Crippen LogP contribution is 2.54. The predicted octanol–water partition coefficient (Wildman–Crippen LogP) is 4.40. The summed E-state index contributed by atoms with van der Waals surface area (Å²) in [5.74, 6) is 1.65. The third-order valence-corrected chi connectivity index (χ3v) is 7.84. The Hall–Kier alpha value is -1.76. The van der Waals surface area contributed by atoms with Crippen molar-refractivity contribution >= 4 is 24.4 Å². The van der Waals surface area contributed by atoms with E-state index in [9.17, 15) is 9.90 Å². The number of thiol groups is 1. The fourth-order valence-corrected chi connectivity index (χ4v) is 6.31. The molecule has 160 valence electrons. The van der Waals surface area contributed by atoms with Crippen LogP contribution >= 0.6 is 12.8 Å². The van der Waals surface area contributed by atoms with Gasteiger partial charge in [0.1, 0.15) is 5.76 Å². The van der Waals surface area contributed by atoms with Crippen LogP contribution in [0.1, 0.15) is 89.1 Å². The zero-order valence-electron chi connectivity index (χ0n) is 17.5. The Labute approximate surface area is 183 Å². The first-order chi connectivity index (χ1) is 14.5. The molecule has 0 spiro atoms. The molecule has 1 saturated carbocycles. The number of rotatable bonds is 2. The van der Waals surface area contributed by atoms with Gasteiger partial charge >= 0.3 is 0 Å². The summed E-state index contributed by atoms with van der Waals surface area (Å²) in [6, 6.07) is 4.18. The van der Waals surface area contributed by atoms with Gasteiger partial charge in [0.05, 0.1) is 5.60 Å². The first kappa shape index (κ1) is 20.2. The van der Waals surface area contributed by atoms with Crippen LogP contribution in [0, 0.1) is 5.92 Å². The van der Waals surface area contributed by atoms with Gasteiger partial charge in [-0.1, -0.05) is 6.07 Å². The van der Waals surface area contributed by atoms with Gasteiger partial charge in [-0.3, -0.25) is 9.93 Å². The third-order valence-electron chi connectivity index (χ3n) is 7.84. The number of amides is 1. The molecule has 2 aromatic rings. The van der Waals surface area contributed by atoms with Crippen LogP contribution in [0.15, 0.2) is 16.5 Å². The Bertz CT molecular complexity index is 978. The van der Waals surface area contributed by atoms with E-state index in [-0.39, 0.29) is 11.8 Å². The summed E-state index contributed by atoms with van der Waals surface area (Å²) in [7, 11) is 0. The van der Waals surface area contributed by atoms with E-state index in [0.29, 0.717) is 11.7 Å². The van der Waals surface area contributed by atoms with Crippen molar-refractivity contribution in [1.29, 1.82) is 0 Å². The van der Waals surface area contributed by atoms with E-state index in [1.165, 1.54) is 35.1 Å². The summed E-state index contributed by atoms with van der Waals surface area (Å²) in [5, 5.41) is 18.5. The van der Waals surface area contributed by atoms with Gasteiger partial charge in [-0.2, -0.15) is 0 Å². The molecule has 30 heavy (non-hydrogen) atoms. The Morgan fingerprint density at radius 2 is 1.80 bits per heavy atom. The van der Waals surface area contributed by atoms with E-state index < -0.39 is 5.60 Å². The van der Waals surface area contributed by atoms with Gasteiger partial charge in [0.25, 0.3) is 5.91 Å². The second-order valence-electron chi connectivity index (χ2n) is 9.43. The smallest absolute Gasteiger partial charge is 0.291 e. The topological polar surface area (TPSA) is 88.5 Å². The highest BCUT2D eigenvalue weighted by atomic mass is 32.1. The summed E-state index contributed by atoms with van der Waals surface area (Å²) >= 11 is 3.03. The first-order valence-corrected chi connectivity index (χ1v) is 11.6. The van der Waals surface area contributed by atoms with E-state index in [1.807, 2.05) is 6.92 Å². The average Bonchev–Trinajstić information content (AvgIpc) is 3.53. The van der Waals surface area contributed by atoms with E-state index in [0.717, 1.165) is 62.0 Å². The minimum atomic E-state index is -0.889. The van der Waals surface area contributed by atoms with E-state index in [4.69, 9.17) is 4.42 Å². The number of hydrogen-bond acceptors (Lipinski definition) is 5. The van der Waals surface area contributed by atoms with E-state index in [1.54, 1.807) is 6.07 Å². The maximum absolute atomic E-state index is 13.2. The molecule has 4 aliphatic carbocycles. The number of aryl methyl sites for hydroxylation is 2. The normalized spacial score (nSPS) is 27.7. The zero-order valence-corrected chi connectivity index (χ0v) is 18.4. The molecule has 6 rings (SSSR count). The predicted molar refractivity (Wildman–Crippen MR) is 120 cm³/mol. The monoisotopic (exact) mass is 426 g/mol. The number of carbonyl (C=O) groups excluding carboxylic acids is 1. The van der Waals surface area contributed by atoms with Crippen LogP contribution in [0.5, 0.6) is 0 Å². The zero-order chi connectivity index (χ0) is 21.0. The number of nitrogens with one attached hydrogen (secondary N) is 1. The molecule has 5 nitrogen and oxygen atoms in total. The average molecular weight is 427 g/mol. The molecular formula is C24H30N2O3S.